The van der Waals surface area contributed by atoms with Gasteiger partial charge >= 0.3 is 6.18 Å². The molecule has 0 amide bonds. The summed E-state index contributed by atoms with van der Waals surface area (Å²) in [4.78, 5) is 9.82. The molecule has 19 heavy (non-hydrogen) atoms. The standard InChI is InChI=1S/C11H10F3N3OS/c12-11(13,14)8-5-17(2-3-18-8)10-9-7(1-4-19-9)15-6-16-10/h1,4,6,8H,2-3,5H2. The number of fused-ring (bicyclic) bond motifs is 1. The van der Waals surface area contributed by atoms with Crippen molar-refractivity contribution in [3.05, 3.63) is 17.8 Å². The van der Waals surface area contributed by atoms with Crippen LogP contribution in [0.4, 0.5) is 19.0 Å². The maximum Gasteiger partial charge on any atom is 0.416 e. The van der Waals surface area contributed by atoms with E-state index in [4.69, 9.17) is 4.74 Å². The number of thiophene rings is 1. The summed E-state index contributed by atoms with van der Waals surface area (Å²) in [6, 6.07) is 1.83. The van der Waals surface area contributed by atoms with E-state index in [1.807, 2.05) is 11.4 Å². The van der Waals surface area contributed by atoms with Crippen LogP contribution in [0.3, 0.4) is 0 Å². The van der Waals surface area contributed by atoms with Crippen LogP contribution in [0.2, 0.25) is 0 Å². The van der Waals surface area contributed by atoms with Gasteiger partial charge in [0, 0.05) is 6.54 Å². The third-order valence-electron chi connectivity index (χ3n) is 2.96. The van der Waals surface area contributed by atoms with Gasteiger partial charge in [0.1, 0.15) is 12.1 Å². The summed E-state index contributed by atoms with van der Waals surface area (Å²) in [5.41, 5.74) is 0.755. The minimum Gasteiger partial charge on any atom is -0.365 e. The van der Waals surface area contributed by atoms with E-state index in [0.717, 1.165) is 10.2 Å². The summed E-state index contributed by atoms with van der Waals surface area (Å²) in [7, 11) is 0. The topological polar surface area (TPSA) is 38.2 Å². The predicted molar refractivity (Wildman–Crippen MR) is 65.4 cm³/mol. The molecule has 0 bridgehead atoms. The first-order valence-corrected chi connectivity index (χ1v) is 6.55. The fourth-order valence-corrected chi connectivity index (χ4v) is 2.90. The SMILES string of the molecule is FC(F)(F)C1CN(c2ncnc3ccsc23)CCO1. The molecule has 3 rings (SSSR count). The number of ether oxygens (including phenoxy) is 1. The molecule has 1 unspecified atom stereocenters. The van der Waals surface area contributed by atoms with E-state index < -0.39 is 12.3 Å². The maximum atomic E-state index is 12.7. The third-order valence-corrected chi connectivity index (χ3v) is 3.86. The van der Waals surface area contributed by atoms with Crippen LogP contribution >= 0.6 is 11.3 Å². The average molecular weight is 289 g/mol. The van der Waals surface area contributed by atoms with Gasteiger partial charge in [0.05, 0.1) is 23.4 Å². The van der Waals surface area contributed by atoms with Gasteiger partial charge in [-0.1, -0.05) is 0 Å². The van der Waals surface area contributed by atoms with E-state index in [-0.39, 0.29) is 13.2 Å². The highest BCUT2D eigenvalue weighted by Gasteiger charge is 2.43. The van der Waals surface area contributed by atoms with Gasteiger partial charge in [-0.15, -0.1) is 11.3 Å². The van der Waals surface area contributed by atoms with Crippen LogP contribution in [0.15, 0.2) is 17.8 Å². The van der Waals surface area contributed by atoms with Crippen molar-refractivity contribution in [2.24, 2.45) is 0 Å². The zero-order chi connectivity index (χ0) is 13.5. The molecule has 2 aromatic heterocycles. The van der Waals surface area contributed by atoms with Crippen molar-refractivity contribution in [3.8, 4) is 0 Å². The third kappa shape index (κ3) is 2.37. The molecule has 0 radical (unpaired) electrons. The van der Waals surface area contributed by atoms with Gasteiger partial charge in [0.15, 0.2) is 6.10 Å². The van der Waals surface area contributed by atoms with Gasteiger partial charge in [0.25, 0.3) is 0 Å². The van der Waals surface area contributed by atoms with Crippen molar-refractivity contribution in [2.45, 2.75) is 12.3 Å². The zero-order valence-corrected chi connectivity index (χ0v) is 10.5. The van der Waals surface area contributed by atoms with E-state index >= 15 is 0 Å². The van der Waals surface area contributed by atoms with Gasteiger partial charge in [-0.05, 0) is 11.4 Å². The molecule has 0 aromatic carbocycles. The predicted octanol–water partition coefficient (Wildman–Crippen LogP) is 2.46. The smallest absolute Gasteiger partial charge is 0.365 e. The van der Waals surface area contributed by atoms with Gasteiger partial charge in [-0.25, -0.2) is 9.97 Å². The van der Waals surface area contributed by atoms with Crippen molar-refractivity contribution < 1.29 is 17.9 Å². The highest BCUT2D eigenvalue weighted by atomic mass is 32.1. The Bertz CT molecular complexity index is 586. The molecule has 2 aromatic rings. The average Bonchev–Trinajstić information content (AvgIpc) is 2.86. The molecule has 1 saturated heterocycles. The highest BCUT2D eigenvalue weighted by molar-refractivity contribution is 7.17. The van der Waals surface area contributed by atoms with Gasteiger partial charge < -0.3 is 9.64 Å². The first-order valence-electron chi connectivity index (χ1n) is 5.67. The normalized spacial score (nSPS) is 21.0. The van der Waals surface area contributed by atoms with E-state index in [0.29, 0.717) is 12.4 Å². The summed E-state index contributed by atoms with van der Waals surface area (Å²) in [6.45, 7) is 0.213. The summed E-state index contributed by atoms with van der Waals surface area (Å²) in [6.07, 6.45) is -4.73. The molecule has 4 nitrogen and oxygen atoms in total. The second-order valence-corrected chi connectivity index (χ2v) is 5.10. The molecule has 0 spiro atoms. The minimum absolute atomic E-state index is 0.0427. The molecule has 1 atom stereocenters. The van der Waals surface area contributed by atoms with Crippen LogP contribution in [0.1, 0.15) is 0 Å². The lowest BCUT2D eigenvalue weighted by Gasteiger charge is -2.34. The molecule has 1 fully saturated rings. The van der Waals surface area contributed by atoms with Gasteiger partial charge in [-0.2, -0.15) is 13.2 Å². The van der Waals surface area contributed by atoms with E-state index in [2.05, 4.69) is 9.97 Å². The largest absolute Gasteiger partial charge is 0.416 e. The second kappa shape index (κ2) is 4.61. The van der Waals surface area contributed by atoms with Crippen LogP contribution in [-0.2, 0) is 4.74 Å². The Kier molecular flexibility index (Phi) is 3.06. The Morgan fingerprint density at radius 2 is 2.21 bits per heavy atom. The lowest BCUT2D eigenvalue weighted by molar-refractivity contribution is -0.221. The Balaban J connectivity index is 1.91. The number of alkyl halides is 3. The van der Waals surface area contributed by atoms with E-state index in [9.17, 15) is 13.2 Å². The Labute approximate surface area is 110 Å². The summed E-state index contributed by atoms with van der Waals surface area (Å²) >= 11 is 1.43. The number of anilines is 1. The molecule has 3 heterocycles. The molecule has 0 N–H and O–H groups in total. The number of nitrogens with zero attached hydrogens (tertiary/aromatic N) is 3. The molecular formula is C11H10F3N3OS. The van der Waals surface area contributed by atoms with E-state index in [1.165, 1.54) is 17.7 Å². The molecule has 0 aliphatic carbocycles. The molecule has 1 aliphatic rings. The van der Waals surface area contributed by atoms with Crippen molar-refractivity contribution in [1.29, 1.82) is 0 Å². The fraction of sp³-hybridized carbons (Fsp3) is 0.455. The number of halogens is 3. The van der Waals surface area contributed by atoms with Crippen molar-refractivity contribution in [3.63, 3.8) is 0 Å². The maximum absolute atomic E-state index is 12.7. The van der Waals surface area contributed by atoms with Crippen molar-refractivity contribution >= 4 is 27.4 Å². The van der Waals surface area contributed by atoms with Crippen LogP contribution < -0.4 is 4.90 Å². The lowest BCUT2D eigenvalue weighted by atomic mass is 10.2. The Morgan fingerprint density at radius 3 is 3.00 bits per heavy atom. The van der Waals surface area contributed by atoms with Gasteiger partial charge in [0.2, 0.25) is 0 Å². The fourth-order valence-electron chi connectivity index (χ4n) is 2.04. The molecule has 0 saturated carbocycles. The number of rotatable bonds is 1. The van der Waals surface area contributed by atoms with Crippen LogP contribution in [0.25, 0.3) is 10.2 Å². The lowest BCUT2D eigenvalue weighted by Crippen LogP contribution is -2.49. The Hall–Kier alpha value is -1.41. The number of hydrogen-bond acceptors (Lipinski definition) is 5. The first-order chi connectivity index (χ1) is 9.05. The number of hydrogen-bond donors (Lipinski definition) is 0. The monoisotopic (exact) mass is 289 g/mol. The minimum atomic E-state index is -4.35. The Morgan fingerprint density at radius 1 is 1.37 bits per heavy atom. The van der Waals surface area contributed by atoms with Crippen molar-refractivity contribution in [2.75, 3.05) is 24.6 Å². The second-order valence-electron chi connectivity index (χ2n) is 4.18. The first kappa shape index (κ1) is 12.6. The quantitative estimate of drug-likeness (QED) is 0.808. The number of aromatic nitrogens is 2. The highest BCUT2D eigenvalue weighted by Crippen LogP contribution is 2.32. The summed E-state index contributed by atoms with van der Waals surface area (Å²) < 4.78 is 43.7. The van der Waals surface area contributed by atoms with Crippen LogP contribution in [-0.4, -0.2) is 41.9 Å². The molecule has 8 heteroatoms. The van der Waals surface area contributed by atoms with Crippen LogP contribution in [0, 0.1) is 0 Å². The molecule has 1 aliphatic heterocycles. The summed E-state index contributed by atoms with van der Waals surface area (Å²) in [5.74, 6) is 0.553. The van der Waals surface area contributed by atoms with E-state index in [1.54, 1.807) is 4.90 Å². The molecular weight excluding hydrogens is 279 g/mol. The zero-order valence-electron chi connectivity index (χ0n) is 9.72. The molecule has 102 valence electrons. The van der Waals surface area contributed by atoms with Crippen LogP contribution in [0.5, 0.6) is 0 Å². The summed E-state index contributed by atoms with van der Waals surface area (Å²) in [5, 5.41) is 1.85. The van der Waals surface area contributed by atoms with Crippen molar-refractivity contribution in [1.82, 2.24) is 9.97 Å². The number of morpholine rings is 1. The van der Waals surface area contributed by atoms with Gasteiger partial charge in [-0.3, -0.25) is 0 Å².